The Hall–Kier alpha value is -0.770. The molecule has 1 aromatic rings. The Labute approximate surface area is 96.7 Å². The molecule has 0 saturated carbocycles. The lowest BCUT2D eigenvalue weighted by atomic mass is 10.0. The molecule has 1 atom stereocenters. The van der Waals surface area contributed by atoms with E-state index in [1.54, 1.807) is 7.11 Å². The normalized spacial score (nSPS) is 11.7. The molecule has 1 rings (SSSR count). The van der Waals surface area contributed by atoms with Crippen LogP contribution in [0.2, 0.25) is 0 Å². The van der Waals surface area contributed by atoms with E-state index in [0.717, 1.165) is 24.2 Å². The van der Waals surface area contributed by atoms with E-state index in [9.17, 15) is 0 Å². The number of rotatable bonds is 5. The van der Waals surface area contributed by atoms with E-state index in [1.807, 2.05) is 24.3 Å². The van der Waals surface area contributed by atoms with Crippen LogP contribution in [0.3, 0.4) is 0 Å². The van der Waals surface area contributed by atoms with Gasteiger partial charge >= 0.3 is 0 Å². The van der Waals surface area contributed by atoms with Gasteiger partial charge in [-0.05, 0) is 18.9 Å². The van der Waals surface area contributed by atoms with Gasteiger partial charge in [-0.15, -0.1) is 12.4 Å². The van der Waals surface area contributed by atoms with Crippen LogP contribution in [0.15, 0.2) is 24.3 Å². The van der Waals surface area contributed by atoms with Gasteiger partial charge in [0.25, 0.3) is 0 Å². The molecule has 0 fully saturated rings. The molecule has 1 aromatic carbocycles. The van der Waals surface area contributed by atoms with E-state index < -0.39 is 0 Å². The minimum atomic E-state index is -0.0571. The molecule has 0 spiro atoms. The highest BCUT2D eigenvalue weighted by Gasteiger charge is 2.10. The highest BCUT2D eigenvalue weighted by Crippen LogP contribution is 2.25. The standard InChI is InChI=1S/C11H17NO2.ClH/c1-14-11-7-3-2-5-9(11)10(12)6-4-8-13;/h2-3,5,7,10,13H,4,6,8,12H2,1H3;1H/t10-;/m0./s1. The highest BCUT2D eigenvalue weighted by molar-refractivity contribution is 5.85. The van der Waals surface area contributed by atoms with Gasteiger partial charge in [-0.2, -0.15) is 0 Å². The number of benzene rings is 1. The first kappa shape index (κ1) is 14.2. The molecule has 86 valence electrons. The second-order valence-electron chi connectivity index (χ2n) is 3.21. The second-order valence-corrected chi connectivity index (χ2v) is 3.21. The van der Waals surface area contributed by atoms with Crippen molar-refractivity contribution in [3.05, 3.63) is 29.8 Å². The average molecular weight is 232 g/mol. The van der Waals surface area contributed by atoms with Crippen molar-refractivity contribution < 1.29 is 9.84 Å². The average Bonchev–Trinajstić information content (AvgIpc) is 2.25. The first-order valence-corrected chi connectivity index (χ1v) is 4.79. The Bertz CT molecular complexity index is 281. The lowest BCUT2D eigenvalue weighted by Gasteiger charge is -2.14. The summed E-state index contributed by atoms with van der Waals surface area (Å²) in [6.45, 7) is 0.183. The third-order valence-corrected chi connectivity index (χ3v) is 2.21. The smallest absolute Gasteiger partial charge is 0.123 e. The van der Waals surface area contributed by atoms with Gasteiger partial charge in [-0.3, -0.25) is 0 Å². The second kappa shape index (κ2) is 7.51. The lowest BCUT2D eigenvalue weighted by molar-refractivity contribution is 0.279. The summed E-state index contributed by atoms with van der Waals surface area (Å²) in [7, 11) is 1.64. The Kier molecular flexibility index (Phi) is 7.13. The van der Waals surface area contributed by atoms with Crippen LogP contribution in [0.25, 0.3) is 0 Å². The molecule has 0 heterocycles. The summed E-state index contributed by atoms with van der Waals surface area (Å²) < 4.78 is 5.20. The van der Waals surface area contributed by atoms with Crippen LogP contribution in [0.5, 0.6) is 5.75 Å². The molecular formula is C11H18ClNO2. The van der Waals surface area contributed by atoms with Crippen molar-refractivity contribution in [3.8, 4) is 5.75 Å². The summed E-state index contributed by atoms with van der Waals surface area (Å²) >= 11 is 0. The molecule has 3 nitrogen and oxygen atoms in total. The predicted molar refractivity (Wildman–Crippen MR) is 63.5 cm³/mol. The number of hydrogen-bond donors (Lipinski definition) is 2. The Morgan fingerprint density at radius 1 is 1.40 bits per heavy atom. The maximum absolute atomic E-state index is 8.70. The minimum Gasteiger partial charge on any atom is -0.496 e. The van der Waals surface area contributed by atoms with E-state index in [0.29, 0.717) is 0 Å². The molecule has 0 radical (unpaired) electrons. The van der Waals surface area contributed by atoms with Gasteiger partial charge < -0.3 is 15.6 Å². The largest absolute Gasteiger partial charge is 0.496 e. The zero-order chi connectivity index (χ0) is 10.4. The Morgan fingerprint density at radius 2 is 2.07 bits per heavy atom. The topological polar surface area (TPSA) is 55.5 Å². The van der Waals surface area contributed by atoms with Crippen LogP contribution < -0.4 is 10.5 Å². The SMILES string of the molecule is COc1ccccc1[C@@H](N)CCCO.Cl. The fraction of sp³-hybridized carbons (Fsp3) is 0.455. The molecular weight excluding hydrogens is 214 g/mol. The van der Waals surface area contributed by atoms with Gasteiger partial charge in [0.2, 0.25) is 0 Å². The summed E-state index contributed by atoms with van der Waals surface area (Å²) in [5.74, 6) is 0.818. The van der Waals surface area contributed by atoms with Crippen molar-refractivity contribution in [1.29, 1.82) is 0 Å². The molecule has 0 aliphatic carbocycles. The van der Waals surface area contributed by atoms with Crippen molar-refractivity contribution in [3.63, 3.8) is 0 Å². The van der Waals surface area contributed by atoms with E-state index in [-0.39, 0.29) is 25.1 Å². The van der Waals surface area contributed by atoms with Crippen molar-refractivity contribution in [2.24, 2.45) is 5.73 Å². The number of para-hydroxylation sites is 1. The van der Waals surface area contributed by atoms with E-state index in [4.69, 9.17) is 15.6 Å². The molecule has 3 N–H and O–H groups in total. The molecule has 15 heavy (non-hydrogen) atoms. The maximum Gasteiger partial charge on any atom is 0.123 e. The van der Waals surface area contributed by atoms with Crippen LogP contribution >= 0.6 is 12.4 Å². The minimum absolute atomic E-state index is 0. The molecule has 0 aliphatic rings. The number of methoxy groups -OCH3 is 1. The van der Waals surface area contributed by atoms with E-state index in [2.05, 4.69) is 0 Å². The monoisotopic (exact) mass is 231 g/mol. The number of hydrogen-bond acceptors (Lipinski definition) is 3. The summed E-state index contributed by atoms with van der Waals surface area (Å²) in [4.78, 5) is 0. The molecule has 0 bridgehead atoms. The maximum atomic E-state index is 8.70. The molecule has 0 aromatic heterocycles. The fourth-order valence-electron chi connectivity index (χ4n) is 1.44. The van der Waals surface area contributed by atoms with Crippen LogP contribution in [-0.4, -0.2) is 18.8 Å². The van der Waals surface area contributed by atoms with Crippen molar-refractivity contribution in [1.82, 2.24) is 0 Å². The van der Waals surface area contributed by atoms with Gasteiger partial charge in [0.05, 0.1) is 7.11 Å². The predicted octanol–water partition coefficient (Wildman–Crippen LogP) is 1.89. The van der Waals surface area contributed by atoms with Gasteiger partial charge in [0.1, 0.15) is 5.75 Å². The molecule has 0 amide bonds. The van der Waals surface area contributed by atoms with Gasteiger partial charge in [0.15, 0.2) is 0 Å². The zero-order valence-electron chi connectivity index (χ0n) is 8.85. The lowest BCUT2D eigenvalue weighted by Crippen LogP contribution is -2.11. The number of halogens is 1. The number of aliphatic hydroxyl groups is 1. The third-order valence-electron chi connectivity index (χ3n) is 2.21. The van der Waals surface area contributed by atoms with Gasteiger partial charge in [-0.1, -0.05) is 18.2 Å². The molecule has 0 unspecified atom stereocenters. The Balaban J connectivity index is 0.00000196. The Morgan fingerprint density at radius 3 is 2.67 bits per heavy atom. The van der Waals surface area contributed by atoms with Crippen LogP contribution in [-0.2, 0) is 0 Å². The number of aliphatic hydroxyl groups excluding tert-OH is 1. The van der Waals surface area contributed by atoms with E-state index >= 15 is 0 Å². The van der Waals surface area contributed by atoms with Crippen molar-refractivity contribution in [2.75, 3.05) is 13.7 Å². The summed E-state index contributed by atoms with van der Waals surface area (Å²) in [5, 5.41) is 8.70. The zero-order valence-corrected chi connectivity index (χ0v) is 9.67. The number of ether oxygens (including phenoxy) is 1. The summed E-state index contributed by atoms with van der Waals surface area (Å²) in [6, 6.07) is 7.66. The summed E-state index contributed by atoms with van der Waals surface area (Å²) in [6.07, 6.45) is 1.50. The first-order chi connectivity index (χ1) is 6.79. The molecule has 4 heteroatoms. The van der Waals surface area contributed by atoms with Gasteiger partial charge in [-0.25, -0.2) is 0 Å². The van der Waals surface area contributed by atoms with Crippen LogP contribution in [0.4, 0.5) is 0 Å². The quantitative estimate of drug-likeness (QED) is 0.814. The fourth-order valence-corrected chi connectivity index (χ4v) is 1.44. The molecule has 0 saturated heterocycles. The van der Waals surface area contributed by atoms with Crippen molar-refractivity contribution in [2.45, 2.75) is 18.9 Å². The highest BCUT2D eigenvalue weighted by atomic mass is 35.5. The first-order valence-electron chi connectivity index (χ1n) is 4.79. The third kappa shape index (κ3) is 4.08. The number of nitrogens with two attached hydrogens (primary N) is 1. The molecule has 0 aliphatic heterocycles. The van der Waals surface area contributed by atoms with Crippen LogP contribution in [0, 0.1) is 0 Å². The van der Waals surface area contributed by atoms with Crippen molar-refractivity contribution >= 4 is 12.4 Å². The van der Waals surface area contributed by atoms with Crippen LogP contribution in [0.1, 0.15) is 24.4 Å². The van der Waals surface area contributed by atoms with Gasteiger partial charge in [0, 0.05) is 18.2 Å². The van der Waals surface area contributed by atoms with E-state index in [1.165, 1.54) is 0 Å². The summed E-state index contributed by atoms with van der Waals surface area (Å²) in [5.41, 5.74) is 6.97.